The van der Waals surface area contributed by atoms with Gasteiger partial charge in [-0.3, -0.25) is 4.57 Å². The largest absolute Gasteiger partial charge is 0.464 e. The van der Waals surface area contributed by atoms with Crippen LogP contribution >= 0.6 is 0 Å². The highest BCUT2D eigenvalue weighted by Crippen LogP contribution is 2.37. The molecule has 156 valence electrons. The standard InChI is InChI=1S/C29H19N3O/c1-2-6-21(7-3-1)29-30-17-18-31(29)22-11-13-23(14-12-22)32-25-9-5-4-8-24(25)27-26(32)15-10-20-16-19-33-28(20)27/h1-19H. The topological polar surface area (TPSA) is 35.9 Å². The van der Waals surface area contributed by atoms with Crippen LogP contribution in [0.4, 0.5) is 0 Å². The van der Waals surface area contributed by atoms with E-state index in [1.54, 1.807) is 6.26 Å². The van der Waals surface area contributed by atoms with Crippen molar-refractivity contribution in [3.8, 4) is 22.8 Å². The third-order valence-electron chi connectivity index (χ3n) is 6.31. The lowest BCUT2D eigenvalue weighted by molar-refractivity contribution is 0.619. The number of rotatable bonds is 3. The molecule has 7 rings (SSSR count). The van der Waals surface area contributed by atoms with Crippen LogP contribution in [0, 0.1) is 0 Å². The molecule has 0 aliphatic carbocycles. The van der Waals surface area contributed by atoms with E-state index in [4.69, 9.17) is 4.42 Å². The van der Waals surface area contributed by atoms with Crippen LogP contribution < -0.4 is 0 Å². The van der Waals surface area contributed by atoms with Crippen LogP contribution in [-0.2, 0) is 0 Å². The van der Waals surface area contributed by atoms with Crippen molar-refractivity contribution >= 4 is 32.8 Å². The van der Waals surface area contributed by atoms with Gasteiger partial charge in [0.25, 0.3) is 0 Å². The van der Waals surface area contributed by atoms with Gasteiger partial charge >= 0.3 is 0 Å². The summed E-state index contributed by atoms with van der Waals surface area (Å²) >= 11 is 0. The summed E-state index contributed by atoms with van der Waals surface area (Å²) in [7, 11) is 0. The van der Waals surface area contributed by atoms with Crippen LogP contribution in [-0.4, -0.2) is 14.1 Å². The van der Waals surface area contributed by atoms with Gasteiger partial charge in [-0.1, -0.05) is 48.5 Å². The second-order valence-electron chi connectivity index (χ2n) is 8.15. The Bertz CT molecular complexity index is 1750. The van der Waals surface area contributed by atoms with Crippen molar-refractivity contribution in [3.05, 3.63) is 116 Å². The van der Waals surface area contributed by atoms with E-state index in [2.05, 4.69) is 86.9 Å². The zero-order valence-electron chi connectivity index (χ0n) is 17.7. The fourth-order valence-corrected chi connectivity index (χ4v) is 4.83. The summed E-state index contributed by atoms with van der Waals surface area (Å²) in [6.45, 7) is 0. The van der Waals surface area contributed by atoms with Gasteiger partial charge in [0.2, 0.25) is 0 Å². The Morgan fingerprint density at radius 1 is 0.667 bits per heavy atom. The number of hydrogen-bond acceptors (Lipinski definition) is 2. The maximum Gasteiger partial charge on any atom is 0.144 e. The number of benzene rings is 4. The summed E-state index contributed by atoms with van der Waals surface area (Å²) in [5.74, 6) is 0.931. The Balaban J connectivity index is 1.41. The second kappa shape index (κ2) is 6.97. The van der Waals surface area contributed by atoms with E-state index in [9.17, 15) is 0 Å². The van der Waals surface area contributed by atoms with Crippen molar-refractivity contribution in [2.45, 2.75) is 0 Å². The minimum Gasteiger partial charge on any atom is -0.464 e. The van der Waals surface area contributed by atoms with Crippen LogP contribution in [0.15, 0.2) is 120 Å². The normalized spacial score (nSPS) is 11.6. The SMILES string of the molecule is c1ccc(-c2nccn2-c2ccc(-n3c4ccccc4c4c5occc5ccc43)cc2)cc1. The van der Waals surface area contributed by atoms with Crippen LogP contribution in [0.1, 0.15) is 0 Å². The fraction of sp³-hybridized carbons (Fsp3) is 0. The van der Waals surface area contributed by atoms with Crippen molar-refractivity contribution < 1.29 is 4.42 Å². The summed E-state index contributed by atoms with van der Waals surface area (Å²) in [5.41, 5.74) is 6.51. The molecule has 0 fully saturated rings. The highest BCUT2D eigenvalue weighted by Gasteiger charge is 2.16. The van der Waals surface area contributed by atoms with E-state index in [0.717, 1.165) is 50.2 Å². The van der Waals surface area contributed by atoms with E-state index >= 15 is 0 Å². The Hall–Kier alpha value is -4.57. The van der Waals surface area contributed by atoms with E-state index in [0.29, 0.717) is 0 Å². The molecule has 0 aliphatic rings. The quantitative estimate of drug-likeness (QED) is 0.296. The van der Waals surface area contributed by atoms with Crippen molar-refractivity contribution in [1.82, 2.24) is 14.1 Å². The van der Waals surface area contributed by atoms with E-state index in [1.165, 1.54) is 5.39 Å². The lowest BCUT2D eigenvalue weighted by Crippen LogP contribution is -1.98. The van der Waals surface area contributed by atoms with Gasteiger partial charge in [-0.15, -0.1) is 0 Å². The van der Waals surface area contributed by atoms with Gasteiger partial charge < -0.3 is 8.98 Å². The average Bonchev–Trinajstić information content (AvgIpc) is 3.61. The number of hydrogen-bond donors (Lipinski definition) is 0. The zero-order chi connectivity index (χ0) is 21.8. The molecule has 4 aromatic carbocycles. The molecule has 0 amide bonds. The molecule has 0 radical (unpaired) electrons. The van der Waals surface area contributed by atoms with Crippen LogP contribution in [0.3, 0.4) is 0 Å². The maximum atomic E-state index is 5.89. The van der Waals surface area contributed by atoms with E-state index < -0.39 is 0 Å². The number of nitrogens with zero attached hydrogens (tertiary/aromatic N) is 3. The van der Waals surface area contributed by atoms with Gasteiger partial charge in [0.15, 0.2) is 0 Å². The molecule has 0 saturated carbocycles. The van der Waals surface area contributed by atoms with Gasteiger partial charge in [-0.25, -0.2) is 4.98 Å². The maximum absolute atomic E-state index is 5.89. The molecule has 0 spiro atoms. The molecule has 0 aliphatic heterocycles. The van der Waals surface area contributed by atoms with Crippen molar-refractivity contribution in [2.24, 2.45) is 0 Å². The summed E-state index contributed by atoms with van der Waals surface area (Å²) < 4.78 is 10.3. The predicted octanol–water partition coefficient (Wildman–Crippen LogP) is 7.38. The minimum absolute atomic E-state index is 0.931. The monoisotopic (exact) mass is 425 g/mol. The number of aromatic nitrogens is 3. The number of imidazole rings is 1. The molecule has 0 saturated heterocycles. The Morgan fingerprint density at radius 3 is 2.33 bits per heavy atom. The zero-order valence-corrected chi connectivity index (χ0v) is 17.7. The second-order valence-corrected chi connectivity index (χ2v) is 8.15. The fourth-order valence-electron chi connectivity index (χ4n) is 4.83. The smallest absolute Gasteiger partial charge is 0.144 e. The lowest BCUT2D eigenvalue weighted by atomic mass is 10.1. The van der Waals surface area contributed by atoms with Gasteiger partial charge in [0, 0.05) is 40.1 Å². The summed E-state index contributed by atoms with van der Waals surface area (Å²) in [6.07, 6.45) is 5.61. The molecule has 3 heterocycles. The summed E-state index contributed by atoms with van der Waals surface area (Å²) in [5, 5.41) is 3.46. The third-order valence-corrected chi connectivity index (χ3v) is 6.31. The molecule has 0 N–H and O–H groups in total. The molecule has 4 heteroatoms. The van der Waals surface area contributed by atoms with Crippen LogP contribution in [0.5, 0.6) is 0 Å². The van der Waals surface area contributed by atoms with Crippen LogP contribution in [0.25, 0.3) is 55.5 Å². The van der Waals surface area contributed by atoms with Crippen molar-refractivity contribution in [3.63, 3.8) is 0 Å². The molecule has 33 heavy (non-hydrogen) atoms. The Labute approximate surface area is 189 Å². The first-order valence-electron chi connectivity index (χ1n) is 11.0. The number of para-hydroxylation sites is 1. The molecule has 0 bridgehead atoms. The first-order valence-corrected chi connectivity index (χ1v) is 11.0. The Morgan fingerprint density at radius 2 is 1.45 bits per heavy atom. The average molecular weight is 425 g/mol. The lowest BCUT2D eigenvalue weighted by Gasteiger charge is -2.11. The van der Waals surface area contributed by atoms with Crippen molar-refractivity contribution in [1.29, 1.82) is 0 Å². The van der Waals surface area contributed by atoms with E-state index in [-0.39, 0.29) is 0 Å². The highest BCUT2D eigenvalue weighted by molar-refractivity contribution is 6.19. The molecular weight excluding hydrogens is 406 g/mol. The molecule has 0 unspecified atom stereocenters. The predicted molar refractivity (Wildman–Crippen MR) is 133 cm³/mol. The minimum atomic E-state index is 0.931. The van der Waals surface area contributed by atoms with Gasteiger partial charge in [-0.2, -0.15) is 0 Å². The molecule has 0 atom stereocenters. The van der Waals surface area contributed by atoms with Crippen molar-refractivity contribution in [2.75, 3.05) is 0 Å². The third kappa shape index (κ3) is 2.68. The Kier molecular flexibility index (Phi) is 3.81. The molecule has 4 nitrogen and oxygen atoms in total. The number of furan rings is 1. The first kappa shape index (κ1) is 18.0. The molecular formula is C29H19N3O. The highest BCUT2D eigenvalue weighted by atomic mass is 16.3. The number of fused-ring (bicyclic) bond motifs is 5. The van der Waals surface area contributed by atoms with Gasteiger partial charge in [0.1, 0.15) is 11.4 Å². The van der Waals surface area contributed by atoms with Crippen LogP contribution in [0.2, 0.25) is 0 Å². The summed E-state index contributed by atoms with van der Waals surface area (Å²) in [6, 6.07) is 33.7. The van der Waals surface area contributed by atoms with E-state index in [1.807, 2.05) is 36.7 Å². The van der Waals surface area contributed by atoms with Gasteiger partial charge in [0.05, 0.1) is 22.7 Å². The molecule has 3 aromatic heterocycles. The first-order chi connectivity index (χ1) is 16.4. The van der Waals surface area contributed by atoms with Gasteiger partial charge in [-0.05, 0) is 48.5 Å². The summed E-state index contributed by atoms with van der Waals surface area (Å²) in [4.78, 5) is 4.59. The molecule has 7 aromatic rings.